The van der Waals surface area contributed by atoms with Crippen molar-refractivity contribution >= 4 is 21.8 Å². The van der Waals surface area contributed by atoms with Crippen molar-refractivity contribution in [3.05, 3.63) is 29.6 Å². The minimum absolute atomic E-state index is 0.0289. The molecule has 1 aromatic carbocycles. The second kappa shape index (κ2) is 7.07. The van der Waals surface area contributed by atoms with Crippen LogP contribution in [0.3, 0.4) is 0 Å². The van der Waals surface area contributed by atoms with E-state index in [0.717, 1.165) is 6.42 Å². The normalized spacial score (nSPS) is 12.9. The lowest BCUT2D eigenvalue weighted by Crippen LogP contribution is -2.31. The Hall–Kier alpha value is -1.10. The first-order valence-corrected chi connectivity index (χ1v) is 7.40. The molecule has 3 nitrogen and oxygen atoms in total. The average molecular weight is 346 g/mol. The molecule has 0 heterocycles. The number of halogens is 2. The first-order chi connectivity index (χ1) is 9.23. The van der Waals surface area contributed by atoms with Gasteiger partial charge in [-0.25, -0.2) is 4.39 Å². The van der Waals surface area contributed by atoms with Gasteiger partial charge < -0.3 is 10.1 Å². The maximum absolute atomic E-state index is 13.7. The first-order valence-electron chi connectivity index (χ1n) is 6.49. The number of nitrogens with one attached hydrogen (secondary N) is 1. The van der Waals surface area contributed by atoms with Crippen LogP contribution in [0.15, 0.2) is 18.2 Å². The Kier molecular flexibility index (Phi) is 5.99. The van der Waals surface area contributed by atoms with E-state index in [1.165, 1.54) is 19.2 Å². The molecule has 0 aliphatic heterocycles. The van der Waals surface area contributed by atoms with Gasteiger partial charge in [-0.1, -0.05) is 36.7 Å². The molecule has 0 spiro atoms. The monoisotopic (exact) mass is 345 g/mol. The van der Waals surface area contributed by atoms with Gasteiger partial charge in [0.1, 0.15) is 11.6 Å². The number of carbonyl (C=O) groups excluding carboxylic acids is 1. The molecular formula is C15H21BrFNO2. The van der Waals surface area contributed by atoms with E-state index in [9.17, 15) is 9.18 Å². The minimum Gasteiger partial charge on any atom is -0.497 e. The molecule has 112 valence electrons. The molecule has 1 unspecified atom stereocenters. The summed E-state index contributed by atoms with van der Waals surface area (Å²) in [6.45, 7) is 6.85. The lowest BCUT2D eigenvalue weighted by Gasteiger charge is -2.22. The molecule has 1 rings (SSSR count). The Balaban J connectivity index is 2.59. The van der Waals surface area contributed by atoms with Gasteiger partial charge in [0, 0.05) is 17.4 Å². The van der Waals surface area contributed by atoms with Crippen LogP contribution in [0, 0.1) is 11.2 Å². The summed E-state index contributed by atoms with van der Waals surface area (Å²) < 4.78 is 18.6. The molecule has 0 aliphatic carbocycles. The Bertz CT molecular complexity index is 471. The van der Waals surface area contributed by atoms with Gasteiger partial charge >= 0.3 is 0 Å². The van der Waals surface area contributed by atoms with Crippen LogP contribution in [-0.2, 0) is 0 Å². The molecule has 1 amide bonds. The number of rotatable bonds is 5. The lowest BCUT2D eigenvalue weighted by molar-refractivity contribution is 0.0948. The minimum atomic E-state index is -0.580. The van der Waals surface area contributed by atoms with Crippen LogP contribution in [-0.4, -0.2) is 24.4 Å². The van der Waals surface area contributed by atoms with Gasteiger partial charge in [0.25, 0.3) is 5.91 Å². The zero-order chi connectivity index (χ0) is 15.3. The van der Waals surface area contributed by atoms with Gasteiger partial charge in [-0.15, -0.1) is 0 Å². The smallest absolute Gasteiger partial charge is 0.254 e. The van der Waals surface area contributed by atoms with Gasteiger partial charge in [0.2, 0.25) is 0 Å². The Labute approximate surface area is 128 Å². The number of ether oxygens (including phenoxy) is 1. The van der Waals surface area contributed by atoms with Crippen molar-refractivity contribution in [2.75, 3.05) is 13.7 Å². The fourth-order valence-electron chi connectivity index (χ4n) is 1.84. The quantitative estimate of drug-likeness (QED) is 0.825. The van der Waals surface area contributed by atoms with Crippen molar-refractivity contribution in [3.63, 3.8) is 0 Å². The Morgan fingerprint density at radius 1 is 1.45 bits per heavy atom. The molecule has 0 saturated heterocycles. The number of methoxy groups -OCH3 is 1. The van der Waals surface area contributed by atoms with Gasteiger partial charge in [-0.05, 0) is 24.0 Å². The summed E-state index contributed by atoms with van der Waals surface area (Å²) in [5, 5.41) is 2.73. The SMILES string of the molecule is COc1ccc(C(=O)NCC(Br)CC(C)(C)C)c(F)c1. The van der Waals surface area contributed by atoms with Crippen LogP contribution in [0.2, 0.25) is 0 Å². The van der Waals surface area contributed by atoms with E-state index in [1.54, 1.807) is 6.07 Å². The highest BCUT2D eigenvalue weighted by Crippen LogP contribution is 2.24. The fourth-order valence-corrected chi connectivity index (χ4v) is 2.98. The molecule has 5 heteroatoms. The largest absolute Gasteiger partial charge is 0.497 e. The molecular weight excluding hydrogens is 325 g/mol. The molecule has 0 aliphatic rings. The second-order valence-corrected chi connectivity index (χ2v) is 7.21. The topological polar surface area (TPSA) is 38.3 Å². The van der Waals surface area contributed by atoms with Crippen molar-refractivity contribution in [2.45, 2.75) is 32.0 Å². The van der Waals surface area contributed by atoms with E-state index in [2.05, 4.69) is 42.0 Å². The highest BCUT2D eigenvalue weighted by Gasteiger charge is 2.18. The maximum Gasteiger partial charge on any atom is 0.254 e. The first kappa shape index (κ1) is 17.0. The summed E-state index contributed by atoms with van der Waals surface area (Å²) in [4.78, 5) is 12.1. The van der Waals surface area contributed by atoms with E-state index in [1.807, 2.05) is 0 Å². The van der Waals surface area contributed by atoms with Crippen molar-refractivity contribution in [2.24, 2.45) is 5.41 Å². The van der Waals surface area contributed by atoms with Crippen molar-refractivity contribution in [3.8, 4) is 5.75 Å². The summed E-state index contributed by atoms with van der Waals surface area (Å²) in [5.41, 5.74) is 0.200. The van der Waals surface area contributed by atoms with Gasteiger partial charge in [-0.2, -0.15) is 0 Å². The molecule has 1 N–H and O–H groups in total. The van der Waals surface area contributed by atoms with Crippen LogP contribution in [0.5, 0.6) is 5.75 Å². The summed E-state index contributed by atoms with van der Waals surface area (Å²) in [6.07, 6.45) is 0.915. The predicted molar refractivity (Wildman–Crippen MR) is 82.1 cm³/mol. The van der Waals surface area contributed by atoms with Crippen LogP contribution in [0.1, 0.15) is 37.6 Å². The fraction of sp³-hybridized carbons (Fsp3) is 0.533. The summed E-state index contributed by atoms with van der Waals surface area (Å²) in [6, 6.07) is 4.20. The summed E-state index contributed by atoms with van der Waals surface area (Å²) in [7, 11) is 1.45. The van der Waals surface area contributed by atoms with Gasteiger partial charge in [0.15, 0.2) is 0 Å². The number of carbonyl (C=O) groups is 1. The van der Waals surface area contributed by atoms with Crippen molar-refractivity contribution < 1.29 is 13.9 Å². The van der Waals surface area contributed by atoms with Crippen LogP contribution in [0.25, 0.3) is 0 Å². The predicted octanol–water partition coefficient (Wildman–Crippen LogP) is 3.76. The second-order valence-electron chi connectivity index (χ2n) is 5.92. The maximum atomic E-state index is 13.7. The number of hydrogen-bond donors (Lipinski definition) is 1. The highest BCUT2D eigenvalue weighted by molar-refractivity contribution is 9.09. The number of alkyl halides is 1. The average Bonchev–Trinajstić information content (AvgIpc) is 2.33. The summed E-state index contributed by atoms with van der Waals surface area (Å²) >= 11 is 3.53. The van der Waals surface area contributed by atoms with Gasteiger partial charge in [0.05, 0.1) is 12.7 Å². The third kappa shape index (κ3) is 5.49. The molecule has 1 atom stereocenters. The van der Waals surface area contributed by atoms with Crippen molar-refractivity contribution in [1.82, 2.24) is 5.32 Å². The third-order valence-electron chi connectivity index (χ3n) is 2.74. The van der Waals surface area contributed by atoms with Crippen LogP contribution >= 0.6 is 15.9 Å². The lowest BCUT2D eigenvalue weighted by atomic mass is 9.90. The molecule has 0 bridgehead atoms. The molecule has 0 saturated carbocycles. The Morgan fingerprint density at radius 2 is 2.10 bits per heavy atom. The zero-order valence-corrected chi connectivity index (χ0v) is 13.9. The highest BCUT2D eigenvalue weighted by atomic mass is 79.9. The van der Waals surface area contributed by atoms with E-state index in [-0.39, 0.29) is 15.8 Å². The number of amides is 1. The standard InChI is InChI=1S/C15H21BrFNO2/c1-15(2,3)8-10(16)9-18-14(19)12-6-5-11(20-4)7-13(12)17/h5-7,10H,8-9H2,1-4H3,(H,18,19). The zero-order valence-electron chi connectivity index (χ0n) is 12.3. The van der Waals surface area contributed by atoms with E-state index in [0.29, 0.717) is 12.3 Å². The van der Waals surface area contributed by atoms with Crippen LogP contribution in [0.4, 0.5) is 4.39 Å². The number of benzene rings is 1. The van der Waals surface area contributed by atoms with Crippen molar-refractivity contribution in [1.29, 1.82) is 0 Å². The summed E-state index contributed by atoms with van der Waals surface area (Å²) in [5.74, 6) is -0.600. The number of hydrogen-bond acceptors (Lipinski definition) is 2. The van der Waals surface area contributed by atoms with E-state index >= 15 is 0 Å². The molecule has 20 heavy (non-hydrogen) atoms. The molecule has 0 radical (unpaired) electrons. The van der Waals surface area contributed by atoms with E-state index in [4.69, 9.17) is 4.74 Å². The molecule has 0 fully saturated rings. The Morgan fingerprint density at radius 3 is 2.60 bits per heavy atom. The molecule has 1 aromatic rings. The van der Waals surface area contributed by atoms with Crippen LogP contribution < -0.4 is 10.1 Å². The van der Waals surface area contributed by atoms with Gasteiger partial charge in [-0.3, -0.25) is 4.79 Å². The van der Waals surface area contributed by atoms with E-state index < -0.39 is 11.7 Å². The molecule has 0 aromatic heterocycles. The third-order valence-corrected chi connectivity index (χ3v) is 3.39.